The average molecular weight is 282 g/mol. The van der Waals surface area contributed by atoms with Crippen molar-refractivity contribution in [2.24, 2.45) is 0 Å². The molecule has 0 saturated heterocycles. The highest BCUT2D eigenvalue weighted by Crippen LogP contribution is 2.42. The minimum absolute atomic E-state index is 0.946. The summed E-state index contributed by atoms with van der Waals surface area (Å²) in [5.74, 6) is 0.946. The van der Waals surface area contributed by atoms with Crippen LogP contribution < -0.4 is 4.74 Å². The van der Waals surface area contributed by atoms with Gasteiger partial charge in [0.15, 0.2) is 0 Å². The monoisotopic (exact) mass is 282 g/mol. The Morgan fingerprint density at radius 2 is 1.41 bits per heavy atom. The predicted octanol–water partition coefficient (Wildman–Crippen LogP) is 5.75. The van der Waals surface area contributed by atoms with Gasteiger partial charge in [0.1, 0.15) is 5.75 Å². The van der Waals surface area contributed by atoms with Gasteiger partial charge in [-0.05, 0) is 44.5 Å². The number of hydrogen-bond acceptors (Lipinski definition) is 1. The van der Waals surface area contributed by atoms with Crippen LogP contribution in [0.2, 0.25) is 0 Å². The van der Waals surface area contributed by atoms with E-state index in [1.165, 1.54) is 43.1 Å². The molecule has 0 unspecified atom stereocenters. The van der Waals surface area contributed by atoms with E-state index < -0.39 is 0 Å². The van der Waals surface area contributed by atoms with E-state index in [0.29, 0.717) is 0 Å². The van der Waals surface area contributed by atoms with Gasteiger partial charge in [-0.25, -0.2) is 0 Å². The van der Waals surface area contributed by atoms with Gasteiger partial charge in [-0.1, -0.05) is 54.6 Å². The van der Waals surface area contributed by atoms with Crippen molar-refractivity contribution in [3.63, 3.8) is 0 Å². The van der Waals surface area contributed by atoms with Gasteiger partial charge in [-0.2, -0.15) is 0 Å². The zero-order valence-corrected chi connectivity index (χ0v) is 12.3. The van der Waals surface area contributed by atoms with Crippen molar-refractivity contribution in [2.45, 2.75) is 0 Å². The number of methoxy groups -OCH3 is 1. The molecule has 0 aromatic heterocycles. The molecule has 0 bridgehead atoms. The first-order valence-electron chi connectivity index (χ1n) is 7.50. The van der Waals surface area contributed by atoms with E-state index in [1.807, 2.05) is 0 Å². The molecule has 104 valence electrons. The standard InChI is InChI=1S/C21H14O/c1-22-19-12-15-7-4-6-13-9-10-17-16-8-3-2-5-14(16)11-18(19)21(17)20(13)15/h2-12H,1H3. The fourth-order valence-corrected chi connectivity index (χ4v) is 3.71. The summed E-state index contributed by atoms with van der Waals surface area (Å²) in [4.78, 5) is 0. The zero-order valence-electron chi connectivity index (χ0n) is 12.3. The number of fused-ring (bicyclic) bond motifs is 2. The van der Waals surface area contributed by atoms with Gasteiger partial charge in [0.05, 0.1) is 7.11 Å². The van der Waals surface area contributed by atoms with Crippen LogP contribution in [0.3, 0.4) is 0 Å². The molecule has 5 aromatic rings. The molecule has 5 rings (SSSR count). The first kappa shape index (κ1) is 11.8. The Bertz CT molecular complexity index is 1150. The quantitative estimate of drug-likeness (QED) is 0.281. The van der Waals surface area contributed by atoms with Gasteiger partial charge in [0, 0.05) is 10.8 Å². The lowest BCUT2D eigenvalue weighted by molar-refractivity contribution is 0.420. The molecule has 0 N–H and O–H groups in total. The fraction of sp³-hybridized carbons (Fsp3) is 0.0476. The van der Waals surface area contributed by atoms with Crippen molar-refractivity contribution in [3.8, 4) is 5.75 Å². The molecule has 1 nitrogen and oxygen atoms in total. The van der Waals surface area contributed by atoms with Gasteiger partial charge < -0.3 is 4.74 Å². The van der Waals surface area contributed by atoms with Crippen LogP contribution in [0.25, 0.3) is 43.1 Å². The lowest BCUT2D eigenvalue weighted by atomic mass is 9.90. The summed E-state index contributed by atoms with van der Waals surface area (Å²) < 4.78 is 5.68. The minimum Gasteiger partial charge on any atom is -0.496 e. The van der Waals surface area contributed by atoms with Crippen molar-refractivity contribution in [1.29, 1.82) is 0 Å². The third-order valence-electron chi connectivity index (χ3n) is 4.67. The molecule has 0 aliphatic heterocycles. The number of hydrogen-bond donors (Lipinski definition) is 0. The maximum atomic E-state index is 5.68. The van der Waals surface area contributed by atoms with Crippen LogP contribution >= 0.6 is 0 Å². The van der Waals surface area contributed by atoms with Crippen LogP contribution in [-0.4, -0.2) is 7.11 Å². The molecule has 0 spiro atoms. The van der Waals surface area contributed by atoms with E-state index >= 15 is 0 Å². The van der Waals surface area contributed by atoms with Gasteiger partial charge in [-0.15, -0.1) is 0 Å². The Morgan fingerprint density at radius 1 is 0.591 bits per heavy atom. The van der Waals surface area contributed by atoms with Gasteiger partial charge in [0.2, 0.25) is 0 Å². The van der Waals surface area contributed by atoms with Gasteiger partial charge in [-0.3, -0.25) is 0 Å². The summed E-state index contributed by atoms with van der Waals surface area (Å²) >= 11 is 0. The molecule has 0 aliphatic carbocycles. The number of ether oxygens (including phenoxy) is 1. The average Bonchev–Trinajstić information content (AvgIpc) is 2.58. The maximum Gasteiger partial charge on any atom is 0.127 e. The normalized spacial score (nSPS) is 11.9. The second kappa shape index (κ2) is 4.11. The van der Waals surface area contributed by atoms with Crippen molar-refractivity contribution >= 4 is 43.1 Å². The highest BCUT2D eigenvalue weighted by Gasteiger charge is 2.14. The number of benzene rings is 5. The summed E-state index contributed by atoms with van der Waals surface area (Å²) in [5, 5.41) is 10.2. The largest absolute Gasteiger partial charge is 0.496 e. The highest BCUT2D eigenvalue weighted by atomic mass is 16.5. The molecule has 1 heteroatoms. The van der Waals surface area contributed by atoms with Crippen LogP contribution in [0.4, 0.5) is 0 Å². The Kier molecular flexibility index (Phi) is 2.21. The van der Waals surface area contributed by atoms with Crippen molar-refractivity contribution in [1.82, 2.24) is 0 Å². The molecular weight excluding hydrogens is 268 g/mol. The second-order valence-corrected chi connectivity index (χ2v) is 5.79. The molecule has 0 aliphatic rings. The van der Waals surface area contributed by atoms with Crippen molar-refractivity contribution in [3.05, 3.63) is 66.7 Å². The summed E-state index contributed by atoms with van der Waals surface area (Å²) in [7, 11) is 1.75. The molecule has 0 saturated carbocycles. The van der Waals surface area contributed by atoms with E-state index in [9.17, 15) is 0 Å². The predicted molar refractivity (Wildman–Crippen MR) is 94.2 cm³/mol. The third-order valence-corrected chi connectivity index (χ3v) is 4.67. The molecule has 5 aromatic carbocycles. The number of rotatable bonds is 1. The lowest BCUT2D eigenvalue weighted by Gasteiger charge is -2.15. The van der Waals surface area contributed by atoms with Crippen molar-refractivity contribution in [2.75, 3.05) is 7.11 Å². The summed E-state index contributed by atoms with van der Waals surface area (Å²) in [6.07, 6.45) is 0. The van der Waals surface area contributed by atoms with E-state index in [2.05, 4.69) is 66.7 Å². The fourth-order valence-electron chi connectivity index (χ4n) is 3.71. The van der Waals surface area contributed by atoms with E-state index in [-0.39, 0.29) is 0 Å². The van der Waals surface area contributed by atoms with Crippen LogP contribution in [0.15, 0.2) is 66.7 Å². The first-order valence-corrected chi connectivity index (χ1v) is 7.50. The SMILES string of the molecule is COc1cc2cccc3ccc4c5ccccc5cc1c4c32. The van der Waals surface area contributed by atoms with Gasteiger partial charge >= 0.3 is 0 Å². The Labute approximate surface area is 128 Å². The maximum absolute atomic E-state index is 5.68. The third kappa shape index (κ3) is 1.38. The van der Waals surface area contributed by atoms with E-state index in [0.717, 1.165) is 5.75 Å². The Morgan fingerprint density at radius 3 is 2.32 bits per heavy atom. The molecule has 0 atom stereocenters. The van der Waals surface area contributed by atoms with Crippen LogP contribution in [-0.2, 0) is 0 Å². The summed E-state index contributed by atoms with van der Waals surface area (Å²) in [6, 6.07) is 23.9. The zero-order chi connectivity index (χ0) is 14.7. The summed E-state index contributed by atoms with van der Waals surface area (Å²) in [5.41, 5.74) is 0. The minimum atomic E-state index is 0.946. The Hall–Kier alpha value is -2.80. The molecule has 0 amide bonds. The smallest absolute Gasteiger partial charge is 0.127 e. The first-order chi connectivity index (χ1) is 10.9. The van der Waals surface area contributed by atoms with Crippen molar-refractivity contribution < 1.29 is 4.74 Å². The molecular formula is C21H14O. The molecule has 0 fully saturated rings. The highest BCUT2D eigenvalue weighted by molar-refractivity contribution is 6.30. The second-order valence-electron chi connectivity index (χ2n) is 5.79. The van der Waals surface area contributed by atoms with Gasteiger partial charge in [0.25, 0.3) is 0 Å². The lowest BCUT2D eigenvalue weighted by Crippen LogP contribution is -1.90. The molecule has 0 heterocycles. The topological polar surface area (TPSA) is 9.23 Å². The molecule has 22 heavy (non-hydrogen) atoms. The van der Waals surface area contributed by atoms with E-state index in [4.69, 9.17) is 4.74 Å². The van der Waals surface area contributed by atoms with Crippen LogP contribution in [0, 0.1) is 0 Å². The Balaban J connectivity index is 2.21. The van der Waals surface area contributed by atoms with E-state index in [1.54, 1.807) is 7.11 Å². The van der Waals surface area contributed by atoms with Crippen LogP contribution in [0.5, 0.6) is 5.75 Å². The summed E-state index contributed by atoms with van der Waals surface area (Å²) in [6.45, 7) is 0. The molecule has 0 radical (unpaired) electrons. The van der Waals surface area contributed by atoms with Crippen LogP contribution in [0.1, 0.15) is 0 Å².